The highest BCUT2D eigenvalue weighted by Gasteiger charge is 2.46. The highest BCUT2D eigenvalue weighted by atomic mass is 16.1. The number of carbonyl (C=O) groups is 1. The van der Waals surface area contributed by atoms with Gasteiger partial charge in [0.15, 0.2) is 5.65 Å². The maximum atomic E-state index is 13.2. The van der Waals surface area contributed by atoms with E-state index < -0.39 is 5.91 Å². The Labute approximate surface area is 207 Å². The number of hydrogen-bond acceptors (Lipinski definition) is 6. The third-order valence-corrected chi connectivity index (χ3v) is 7.86. The lowest BCUT2D eigenvalue weighted by molar-refractivity contribution is 0.1000. The summed E-state index contributed by atoms with van der Waals surface area (Å²) in [5.41, 5.74) is 16.8. The highest BCUT2D eigenvalue weighted by molar-refractivity contribution is 5.96. The minimum atomic E-state index is -0.533. The summed E-state index contributed by atoms with van der Waals surface area (Å²) in [6.07, 6.45) is 2.83. The summed E-state index contributed by atoms with van der Waals surface area (Å²) >= 11 is 0. The molecule has 0 unspecified atom stereocenters. The van der Waals surface area contributed by atoms with E-state index in [2.05, 4.69) is 55.9 Å². The van der Waals surface area contributed by atoms with Crippen molar-refractivity contribution >= 4 is 28.5 Å². The Morgan fingerprint density at radius 3 is 2.61 bits per heavy atom. The molecule has 6 rings (SSSR count). The summed E-state index contributed by atoms with van der Waals surface area (Å²) in [5, 5.41) is 7.53. The molecular weight excluding hydrogens is 454 g/mol. The van der Waals surface area contributed by atoms with Gasteiger partial charge < -0.3 is 16.4 Å². The molecule has 2 aromatic heterocycles. The van der Waals surface area contributed by atoms with Crippen LogP contribution in [0.4, 0.5) is 5.95 Å². The average Bonchev–Trinajstić information content (AvgIpc) is 3.44. The molecule has 9 heteroatoms. The molecule has 1 atom stereocenters. The molecule has 182 valence electrons. The van der Waals surface area contributed by atoms with Crippen LogP contribution in [0.15, 0.2) is 59.9 Å². The second-order valence-electron chi connectivity index (χ2n) is 9.81. The first kappa shape index (κ1) is 22.2. The van der Waals surface area contributed by atoms with E-state index in [1.54, 1.807) is 24.3 Å². The number of fused-ring (bicyclic) bond motifs is 2. The number of piperidine rings is 1. The first-order chi connectivity index (χ1) is 17.4. The third-order valence-electron chi connectivity index (χ3n) is 7.86. The number of aromatic nitrogens is 4. The number of benzene rings is 2. The molecule has 9 nitrogen and oxygen atoms in total. The number of primary amides is 1. The maximum absolute atomic E-state index is 13.2. The number of amides is 1. The molecule has 1 spiro atoms. The second kappa shape index (κ2) is 8.17. The molecule has 0 saturated carbocycles. The molecule has 0 radical (unpaired) electrons. The quantitative estimate of drug-likeness (QED) is 0.352. The maximum Gasteiger partial charge on any atom is 0.264 e. The van der Waals surface area contributed by atoms with E-state index in [4.69, 9.17) is 11.5 Å². The first-order valence-corrected chi connectivity index (χ1v) is 12.0. The lowest BCUT2D eigenvalue weighted by atomic mass is 9.73. The SMILES string of the molecule is C=C(c1cccc(C(N)=O)c1)c1[nH]nc2nc(N3CCC4(CC3)Cc3ccccc3[C@H]4N)[nH]c(=O)c12. The topological polar surface area (TPSA) is 147 Å². The van der Waals surface area contributed by atoms with Gasteiger partial charge in [-0.05, 0) is 53.5 Å². The monoisotopic (exact) mass is 481 g/mol. The van der Waals surface area contributed by atoms with Crippen LogP contribution in [0, 0.1) is 5.41 Å². The van der Waals surface area contributed by atoms with Crippen molar-refractivity contribution in [3.63, 3.8) is 0 Å². The average molecular weight is 482 g/mol. The number of H-pyrrole nitrogens is 2. The molecule has 2 aliphatic rings. The van der Waals surface area contributed by atoms with E-state index >= 15 is 0 Å². The number of anilines is 1. The van der Waals surface area contributed by atoms with Gasteiger partial charge in [-0.15, -0.1) is 0 Å². The Hall–Kier alpha value is -4.24. The molecule has 6 N–H and O–H groups in total. The fourth-order valence-electron chi connectivity index (χ4n) is 5.76. The van der Waals surface area contributed by atoms with Crippen molar-refractivity contribution in [2.45, 2.75) is 25.3 Å². The van der Waals surface area contributed by atoms with Crippen molar-refractivity contribution in [2.75, 3.05) is 18.0 Å². The molecule has 1 saturated heterocycles. The Balaban J connectivity index is 1.25. The van der Waals surface area contributed by atoms with E-state index in [0.29, 0.717) is 39.4 Å². The third kappa shape index (κ3) is 3.43. The van der Waals surface area contributed by atoms with Gasteiger partial charge in [-0.1, -0.05) is 43.0 Å². The van der Waals surface area contributed by atoms with Crippen molar-refractivity contribution in [1.82, 2.24) is 20.2 Å². The van der Waals surface area contributed by atoms with Gasteiger partial charge in [0.2, 0.25) is 11.9 Å². The number of aromatic amines is 2. The molecule has 4 aromatic rings. The lowest BCUT2D eigenvalue weighted by Gasteiger charge is -2.42. The minimum absolute atomic E-state index is 0.0262. The van der Waals surface area contributed by atoms with Crippen LogP contribution < -0.4 is 21.9 Å². The number of nitrogens with zero attached hydrogens (tertiary/aromatic N) is 3. The van der Waals surface area contributed by atoms with E-state index in [0.717, 1.165) is 32.4 Å². The standard InChI is InChI=1S/C27H27N7O2/c1-15(16-6-4-7-17(13-16)23(29)35)21-20-24(33-32-21)30-26(31-25(20)36)34-11-9-27(10-12-34)14-18-5-2-3-8-19(18)22(27)28/h2-8,13,22H,1,9-12,14,28H2,(H2,29,35)(H2,30,31,32,33,36)/t22-/m1/s1. The molecular formula is C27H27N7O2. The molecule has 1 aliphatic heterocycles. The van der Waals surface area contributed by atoms with Gasteiger partial charge in [0.05, 0.1) is 5.69 Å². The summed E-state index contributed by atoms with van der Waals surface area (Å²) in [7, 11) is 0. The normalized spacial score (nSPS) is 18.5. The first-order valence-electron chi connectivity index (χ1n) is 12.0. The van der Waals surface area contributed by atoms with Crippen LogP contribution in [-0.2, 0) is 6.42 Å². The number of rotatable bonds is 4. The highest BCUT2D eigenvalue weighted by Crippen LogP contribution is 2.50. The lowest BCUT2D eigenvalue weighted by Crippen LogP contribution is -2.45. The van der Waals surface area contributed by atoms with Crippen LogP contribution in [0.5, 0.6) is 0 Å². The van der Waals surface area contributed by atoms with Gasteiger partial charge in [-0.25, -0.2) is 0 Å². The van der Waals surface area contributed by atoms with E-state index in [1.807, 2.05) is 0 Å². The Morgan fingerprint density at radius 2 is 1.86 bits per heavy atom. The summed E-state index contributed by atoms with van der Waals surface area (Å²) in [6.45, 7) is 5.61. The summed E-state index contributed by atoms with van der Waals surface area (Å²) in [6, 6.07) is 15.3. The van der Waals surface area contributed by atoms with Crippen LogP contribution in [0.1, 0.15) is 51.6 Å². The van der Waals surface area contributed by atoms with Gasteiger partial charge in [-0.2, -0.15) is 10.1 Å². The van der Waals surface area contributed by atoms with E-state index in [-0.39, 0.29) is 17.0 Å². The van der Waals surface area contributed by atoms with Gasteiger partial charge >= 0.3 is 0 Å². The predicted molar refractivity (Wildman–Crippen MR) is 139 cm³/mol. The molecule has 1 aliphatic carbocycles. The van der Waals surface area contributed by atoms with Crippen molar-refractivity contribution in [3.8, 4) is 0 Å². The fourth-order valence-corrected chi connectivity index (χ4v) is 5.76. The number of hydrogen-bond donors (Lipinski definition) is 4. The van der Waals surface area contributed by atoms with E-state index in [1.165, 1.54) is 11.1 Å². The molecule has 3 heterocycles. The zero-order chi connectivity index (χ0) is 25.0. The van der Waals surface area contributed by atoms with Gasteiger partial charge in [0.1, 0.15) is 5.39 Å². The van der Waals surface area contributed by atoms with Gasteiger partial charge in [0.25, 0.3) is 5.56 Å². The van der Waals surface area contributed by atoms with Crippen LogP contribution in [0.2, 0.25) is 0 Å². The van der Waals surface area contributed by atoms with Gasteiger partial charge in [-0.3, -0.25) is 19.7 Å². The smallest absolute Gasteiger partial charge is 0.264 e. The number of carbonyl (C=O) groups excluding carboxylic acids is 1. The van der Waals surface area contributed by atoms with Crippen molar-refractivity contribution < 1.29 is 4.79 Å². The molecule has 1 fully saturated rings. The zero-order valence-corrected chi connectivity index (χ0v) is 19.8. The fraction of sp³-hybridized carbons (Fsp3) is 0.259. The molecule has 2 aromatic carbocycles. The van der Waals surface area contributed by atoms with Crippen LogP contribution in [0.3, 0.4) is 0 Å². The summed E-state index contributed by atoms with van der Waals surface area (Å²) in [4.78, 5) is 34.4. The largest absolute Gasteiger partial charge is 0.366 e. The Bertz CT molecular complexity index is 1580. The predicted octanol–water partition coefficient (Wildman–Crippen LogP) is 2.65. The van der Waals surface area contributed by atoms with Crippen LogP contribution >= 0.6 is 0 Å². The second-order valence-corrected chi connectivity index (χ2v) is 9.81. The van der Waals surface area contributed by atoms with Crippen molar-refractivity contribution in [2.24, 2.45) is 16.9 Å². The van der Waals surface area contributed by atoms with Gasteiger partial charge in [0, 0.05) is 30.3 Å². The van der Waals surface area contributed by atoms with Crippen LogP contribution in [-0.4, -0.2) is 39.2 Å². The summed E-state index contributed by atoms with van der Waals surface area (Å²) < 4.78 is 0. The summed E-state index contributed by atoms with van der Waals surface area (Å²) in [5.74, 6) is -0.0279. The van der Waals surface area contributed by atoms with E-state index in [9.17, 15) is 9.59 Å². The Kier molecular flexibility index (Phi) is 5.04. The molecule has 1 amide bonds. The molecule has 36 heavy (non-hydrogen) atoms. The van der Waals surface area contributed by atoms with Crippen molar-refractivity contribution in [1.29, 1.82) is 0 Å². The van der Waals surface area contributed by atoms with Crippen molar-refractivity contribution in [3.05, 3.63) is 93.4 Å². The minimum Gasteiger partial charge on any atom is -0.366 e. The number of nitrogens with one attached hydrogen (secondary N) is 2. The molecule has 0 bridgehead atoms. The zero-order valence-electron chi connectivity index (χ0n) is 19.8. The Morgan fingerprint density at radius 1 is 1.11 bits per heavy atom. The van der Waals surface area contributed by atoms with Crippen LogP contribution in [0.25, 0.3) is 16.6 Å². The number of nitrogens with two attached hydrogens (primary N) is 2.